The largest absolute Gasteiger partial charge is 0.387 e. The van der Waals surface area contributed by atoms with E-state index in [4.69, 9.17) is 0 Å². The molecule has 1 atom stereocenters. The third kappa shape index (κ3) is 3.71. The van der Waals surface area contributed by atoms with E-state index in [2.05, 4.69) is 5.32 Å². The minimum Gasteiger partial charge on any atom is -0.387 e. The van der Waals surface area contributed by atoms with Crippen LogP contribution in [0.1, 0.15) is 12.0 Å². The molecule has 1 aliphatic rings. The monoisotopic (exact) mass is 269 g/mol. The minimum absolute atomic E-state index is 0.140. The number of carbonyl (C=O) groups excluding carboxylic acids is 1. The lowest BCUT2D eigenvalue weighted by Gasteiger charge is -2.21. The van der Waals surface area contributed by atoms with Crippen LogP contribution in [0.4, 0.5) is 4.39 Å². The molecule has 0 spiro atoms. The Labute approximate surface area is 110 Å². The fourth-order valence-corrected chi connectivity index (χ4v) is 3.19. The van der Waals surface area contributed by atoms with Crippen LogP contribution in [0, 0.1) is 5.82 Å². The van der Waals surface area contributed by atoms with Crippen LogP contribution in [0.5, 0.6) is 0 Å². The zero-order valence-electron chi connectivity index (χ0n) is 9.99. The fraction of sp³-hybridized carbons (Fsp3) is 0.462. The van der Waals surface area contributed by atoms with Gasteiger partial charge >= 0.3 is 0 Å². The Bertz CT molecular complexity index is 433. The molecule has 3 nitrogen and oxygen atoms in total. The number of thioether (sulfide) groups is 1. The van der Waals surface area contributed by atoms with Gasteiger partial charge in [0.25, 0.3) is 0 Å². The third-order valence-corrected chi connectivity index (χ3v) is 4.19. The van der Waals surface area contributed by atoms with E-state index in [1.54, 1.807) is 23.9 Å². The van der Waals surface area contributed by atoms with Gasteiger partial charge in [-0.25, -0.2) is 4.39 Å². The molecule has 1 heterocycles. The summed E-state index contributed by atoms with van der Waals surface area (Å²) in [5.74, 6) is 1.06. The van der Waals surface area contributed by atoms with Crippen LogP contribution >= 0.6 is 11.8 Å². The molecule has 1 aromatic carbocycles. The third-order valence-electron chi connectivity index (χ3n) is 2.95. The topological polar surface area (TPSA) is 49.3 Å². The molecule has 2 N–H and O–H groups in total. The predicted molar refractivity (Wildman–Crippen MR) is 70.0 cm³/mol. The normalized spacial score (nSPS) is 23.0. The van der Waals surface area contributed by atoms with Gasteiger partial charge in [-0.15, -0.1) is 0 Å². The number of hydrogen-bond donors (Lipinski definition) is 2. The van der Waals surface area contributed by atoms with E-state index in [0.29, 0.717) is 17.7 Å². The van der Waals surface area contributed by atoms with Crippen molar-refractivity contribution in [3.8, 4) is 0 Å². The van der Waals surface area contributed by atoms with Crippen LogP contribution in [-0.4, -0.2) is 34.7 Å². The number of carbonyl (C=O) groups is 1. The summed E-state index contributed by atoms with van der Waals surface area (Å²) in [5, 5.41) is 12.8. The maximum atomic E-state index is 12.9. The predicted octanol–water partition coefficient (Wildman–Crippen LogP) is 1.35. The van der Waals surface area contributed by atoms with Gasteiger partial charge in [0, 0.05) is 12.3 Å². The summed E-state index contributed by atoms with van der Waals surface area (Å²) in [6, 6.07) is 5.99. The van der Waals surface area contributed by atoms with E-state index in [9.17, 15) is 14.3 Å². The molecule has 2 rings (SSSR count). The van der Waals surface area contributed by atoms with Gasteiger partial charge in [0.15, 0.2) is 0 Å². The van der Waals surface area contributed by atoms with E-state index in [1.165, 1.54) is 12.1 Å². The number of benzene rings is 1. The van der Waals surface area contributed by atoms with Crippen molar-refractivity contribution < 1.29 is 14.3 Å². The quantitative estimate of drug-likeness (QED) is 0.867. The second-order valence-corrected chi connectivity index (χ2v) is 5.72. The van der Waals surface area contributed by atoms with Gasteiger partial charge in [-0.3, -0.25) is 4.79 Å². The molecular weight excluding hydrogens is 253 g/mol. The van der Waals surface area contributed by atoms with Gasteiger partial charge in [0.1, 0.15) is 5.82 Å². The molecule has 1 aromatic rings. The molecular formula is C13H16FNO2S. The van der Waals surface area contributed by atoms with Gasteiger partial charge in [-0.1, -0.05) is 12.1 Å². The van der Waals surface area contributed by atoms with Crippen molar-refractivity contribution in [2.75, 3.05) is 18.1 Å². The Balaban J connectivity index is 1.82. The van der Waals surface area contributed by atoms with E-state index in [0.717, 1.165) is 5.75 Å². The van der Waals surface area contributed by atoms with E-state index >= 15 is 0 Å². The summed E-state index contributed by atoms with van der Waals surface area (Å²) in [7, 11) is 0. The summed E-state index contributed by atoms with van der Waals surface area (Å²) in [4.78, 5) is 11.7. The number of hydrogen-bond acceptors (Lipinski definition) is 3. The highest BCUT2D eigenvalue weighted by Crippen LogP contribution is 2.26. The van der Waals surface area contributed by atoms with Crippen molar-refractivity contribution in [2.45, 2.75) is 18.4 Å². The van der Waals surface area contributed by atoms with Crippen molar-refractivity contribution in [1.82, 2.24) is 5.32 Å². The molecule has 1 unspecified atom stereocenters. The second-order valence-electron chi connectivity index (χ2n) is 4.61. The van der Waals surface area contributed by atoms with Gasteiger partial charge in [-0.05, 0) is 29.9 Å². The highest BCUT2D eigenvalue weighted by molar-refractivity contribution is 7.99. The van der Waals surface area contributed by atoms with Gasteiger partial charge < -0.3 is 10.4 Å². The molecule has 0 saturated carbocycles. The van der Waals surface area contributed by atoms with Crippen LogP contribution < -0.4 is 5.32 Å². The zero-order valence-corrected chi connectivity index (χ0v) is 10.8. The standard InChI is InChI=1S/C13H16FNO2S/c14-11-3-1-2-10(6-11)7-12(16)15-8-13(17)4-5-18-9-13/h1-3,6,17H,4-5,7-9H2,(H,15,16). The molecule has 1 aliphatic heterocycles. The lowest BCUT2D eigenvalue weighted by atomic mass is 10.0. The highest BCUT2D eigenvalue weighted by Gasteiger charge is 2.31. The summed E-state index contributed by atoms with van der Waals surface area (Å²) < 4.78 is 12.9. The Morgan fingerprint density at radius 3 is 3.06 bits per heavy atom. The molecule has 1 fully saturated rings. The average Bonchev–Trinajstić information content (AvgIpc) is 2.74. The number of halogens is 1. The first-order valence-corrected chi connectivity index (χ1v) is 7.04. The molecule has 5 heteroatoms. The summed E-state index contributed by atoms with van der Waals surface area (Å²) in [5.41, 5.74) is -0.136. The Kier molecular flexibility index (Phi) is 4.24. The van der Waals surface area contributed by atoms with Crippen LogP contribution in [-0.2, 0) is 11.2 Å². The smallest absolute Gasteiger partial charge is 0.224 e. The van der Waals surface area contributed by atoms with Crippen molar-refractivity contribution in [3.05, 3.63) is 35.6 Å². The fourth-order valence-electron chi connectivity index (χ4n) is 1.89. The lowest BCUT2D eigenvalue weighted by Crippen LogP contribution is -2.43. The molecule has 0 bridgehead atoms. The number of amides is 1. The first-order valence-electron chi connectivity index (χ1n) is 5.89. The van der Waals surface area contributed by atoms with E-state index in [-0.39, 0.29) is 24.7 Å². The van der Waals surface area contributed by atoms with Crippen molar-refractivity contribution in [3.63, 3.8) is 0 Å². The maximum absolute atomic E-state index is 12.9. The first-order chi connectivity index (χ1) is 8.57. The van der Waals surface area contributed by atoms with Gasteiger partial charge in [0.05, 0.1) is 12.0 Å². The van der Waals surface area contributed by atoms with Gasteiger partial charge in [-0.2, -0.15) is 11.8 Å². The number of aliphatic hydroxyl groups is 1. The molecule has 18 heavy (non-hydrogen) atoms. The first kappa shape index (κ1) is 13.4. The maximum Gasteiger partial charge on any atom is 0.224 e. The molecule has 0 aromatic heterocycles. The van der Waals surface area contributed by atoms with Gasteiger partial charge in [0.2, 0.25) is 5.91 Å². The Hall–Kier alpha value is -1.07. The number of nitrogens with one attached hydrogen (secondary N) is 1. The van der Waals surface area contributed by atoms with Crippen LogP contribution in [0.15, 0.2) is 24.3 Å². The summed E-state index contributed by atoms with van der Waals surface area (Å²) in [6.45, 7) is 0.272. The Morgan fingerprint density at radius 2 is 2.39 bits per heavy atom. The van der Waals surface area contributed by atoms with Crippen molar-refractivity contribution >= 4 is 17.7 Å². The van der Waals surface area contributed by atoms with Crippen LogP contribution in [0.2, 0.25) is 0 Å². The summed E-state index contributed by atoms with van der Waals surface area (Å²) in [6.07, 6.45) is 0.846. The number of rotatable bonds is 4. The van der Waals surface area contributed by atoms with Crippen molar-refractivity contribution in [2.24, 2.45) is 0 Å². The highest BCUT2D eigenvalue weighted by atomic mass is 32.2. The lowest BCUT2D eigenvalue weighted by molar-refractivity contribution is -0.121. The SMILES string of the molecule is O=C(Cc1cccc(F)c1)NCC1(O)CCSC1. The van der Waals surface area contributed by atoms with Crippen LogP contribution in [0.3, 0.4) is 0 Å². The minimum atomic E-state index is -0.776. The van der Waals surface area contributed by atoms with E-state index in [1.807, 2.05) is 0 Å². The zero-order chi connectivity index (χ0) is 13.0. The van der Waals surface area contributed by atoms with Crippen molar-refractivity contribution in [1.29, 1.82) is 0 Å². The molecule has 1 saturated heterocycles. The molecule has 0 aliphatic carbocycles. The molecule has 98 valence electrons. The Morgan fingerprint density at radius 1 is 1.56 bits per heavy atom. The second kappa shape index (κ2) is 5.71. The van der Waals surface area contributed by atoms with E-state index < -0.39 is 5.60 Å². The summed E-state index contributed by atoms with van der Waals surface area (Å²) >= 11 is 1.69. The van der Waals surface area contributed by atoms with Crippen LogP contribution in [0.25, 0.3) is 0 Å². The molecule has 1 amide bonds. The average molecular weight is 269 g/mol. The molecule has 0 radical (unpaired) electrons.